The van der Waals surface area contributed by atoms with Crippen LogP contribution < -0.4 is 10.2 Å². The van der Waals surface area contributed by atoms with Crippen LogP contribution in [-0.2, 0) is 11.2 Å². The molecule has 1 N–H and O–H groups in total. The van der Waals surface area contributed by atoms with E-state index in [1.807, 2.05) is 59.5 Å². The number of nitrogens with zero attached hydrogens (tertiary/aromatic N) is 4. The van der Waals surface area contributed by atoms with Gasteiger partial charge in [-0.3, -0.25) is 4.79 Å². The van der Waals surface area contributed by atoms with Crippen molar-refractivity contribution < 1.29 is 4.79 Å². The lowest BCUT2D eigenvalue weighted by Crippen LogP contribution is -2.22. The number of hydrogen-bond acceptors (Lipinski definition) is 4. The summed E-state index contributed by atoms with van der Waals surface area (Å²) in [6.07, 6.45) is 8.99. The molecule has 0 aliphatic carbocycles. The van der Waals surface area contributed by atoms with Gasteiger partial charge in [-0.15, -0.1) is 0 Å². The van der Waals surface area contributed by atoms with Crippen LogP contribution in [0.15, 0.2) is 61.1 Å². The standard InChI is InChI=1S/C21H23N5O/c27-20(24-19-9-6-12-22-21(19)25-13-4-5-14-25)11-10-17-15-23-26(16-17)18-7-2-1-3-8-18/h1-3,6-9,12,15-16H,4-5,10-11,13-14H2,(H,24,27). The molecule has 0 unspecified atom stereocenters. The van der Waals surface area contributed by atoms with Crippen molar-refractivity contribution in [1.29, 1.82) is 0 Å². The molecule has 2 aromatic heterocycles. The topological polar surface area (TPSA) is 63.1 Å². The van der Waals surface area contributed by atoms with Crippen LogP contribution in [0.4, 0.5) is 11.5 Å². The summed E-state index contributed by atoms with van der Waals surface area (Å²) < 4.78 is 1.83. The van der Waals surface area contributed by atoms with E-state index >= 15 is 0 Å². The number of benzene rings is 1. The van der Waals surface area contributed by atoms with E-state index in [1.165, 1.54) is 12.8 Å². The fraction of sp³-hybridized carbons (Fsp3) is 0.286. The van der Waals surface area contributed by atoms with Crippen LogP contribution in [-0.4, -0.2) is 33.8 Å². The van der Waals surface area contributed by atoms with E-state index < -0.39 is 0 Å². The maximum atomic E-state index is 12.4. The lowest BCUT2D eigenvalue weighted by molar-refractivity contribution is -0.116. The number of nitrogens with one attached hydrogen (secondary N) is 1. The van der Waals surface area contributed by atoms with Gasteiger partial charge in [0.1, 0.15) is 0 Å². The number of hydrogen-bond donors (Lipinski definition) is 1. The van der Waals surface area contributed by atoms with E-state index in [-0.39, 0.29) is 5.91 Å². The number of amides is 1. The molecule has 138 valence electrons. The molecular formula is C21H23N5O. The molecule has 1 fully saturated rings. The van der Waals surface area contributed by atoms with Crippen LogP contribution in [0.3, 0.4) is 0 Å². The Labute approximate surface area is 158 Å². The van der Waals surface area contributed by atoms with Crippen LogP contribution >= 0.6 is 0 Å². The number of aryl methyl sites for hydroxylation is 1. The third-order valence-electron chi connectivity index (χ3n) is 4.76. The van der Waals surface area contributed by atoms with E-state index in [4.69, 9.17) is 0 Å². The summed E-state index contributed by atoms with van der Waals surface area (Å²) in [5, 5.41) is 7.41. The molecule has 0 radical (unpaired) electrons. The van der Waals surface area contributed by atoms with Gasteiger partial charge in [0.05, 0.1) is 17.6 Å². The maximum absolute atomic E-state index is 12.4. The second kappa shape index (κ2) is 8.03. The van der Waals surface area contributed by atoms with Gasteiger partial charge in [0.25, 0.3) is 0 Å². The number of anilines is 2. The van der Waals surface area contributed by atoms with Crippen molar-refractivity contribution in [1.82, 2.24) is 14.8 Å². The Morgan fingerprint density at radius 3 is 2.70 bits per heavy atom. The molecule has 6 heteroatoms. The molecule has 6 nitrogen and oxygen atoms in total. The normalized spacial score (nSPS) is 13.7. The molecule has 3 heterocycles. The third kappa shape index (κ3) is 4.16. The summed E-state index contributed by atoms with van der Waals surface area (Å²) in [6.45, 7) is 2.00. The molecule has 1 aromatic carbocycles. The second-order valence-corrected chi connectivity index (χ2v) is 6.75. The van der Waals surface area contributed by atoms with E-state index in [1.54, 1.807) is 6.20 Å². The summed E-state index contributed by atoms with van der Waals surface area (Å²) in [7, 11) is 0. The molecule has 4 rings (SSSR count). The van der Waals surface area contributed by atoms with Crippen LogP contribution in [0.2, 0.25) is 0 Å². The number of carbonyl (C=O) groups is 1. The highest BCUT2D eigenvalue weighted by Crippen LogP contribution is 2.26. The third-order valence-corrected chi connectivity index (χ3v) is 4.76. The molecule has 0 spiro atoms. The first-order valence-corrected chi connectivity index (χ1v) is 9.38. The first kappa shape index (κ1) is 17.3. The lowest BCUT2D eigenvalue weighted by Gasteiger charge is -2.19. The van der Waals surface area contributed by atoms with Gasteiger partial charge in [-0.05, 0) is 49.1 Å². The molecule has 0 bridgehead atoms. The van der Waals surface area contributed by atoms with Gasteiger partial charge in [-0.1, -0.05) is 18.2 Å². The molecule has 0 atom stereocenters. The Balaban J connectivity index is 1.36. The van der Waals surface area contributed by atoms with Crippen LogP contribution in [0, 0.1) is 0 Å². The Morgan fingerprint density at radius 2 is 1.89 bits per heavy atom. The van der Waals surface area contributed by atoms with Gasteiger partial charge in [-0.25, -0.2) is 9.67 Å². The van der Waals surface area contributed by atoms with Crippen molar-refractivity contribution in [3.63, 3.8) is 0 Å². The van der Waals surface area contributed by atoms with Crippen molar-refractivity contribution in [3.05, 3.63) is 66.6 Å². The smallest absolute Gasteiger partial charge is 0.224 e. The molecule has 27 heavy (non-hydrogen) atoms. The van der Waals surface area contributed by atoms with Crippen LogP contribution in [0.1, 0.15) is 24.8 Å². The minimum absolute atomic E-state index is 0.00379. The molecule has 1 saturated heterocycles. The average molecular weight is 361 g/mol. The molecule has 3 aromatic rings. The molecule has 0 saturated carbocycles. The predicted octanol–water partition coefficient (Wildman–Crippen LogP) is 3.44. The molecular weight excluding hydrogens is 338 g/mol. The highest BCUT2D eigenvalue weighted by molar-refractivity contribution is 5.93. The number of para-hydroxylation sites is 1. The van der Waals surface area contributed by atoms with Crippen LogP contribution in [0.5, 0.6) is 0 Å². The summed E-state index contributed by atoms with van der Waals surface area (Å²) in [5.41, 5.74) is 2.85. The first-order chi connectivity index (χ1) is 13.3. The fourth-order valence-corrected chi connectivity index (χ4v) is 3.36. The van der Waals surface area contributed by atoms with E-state index in [2.05, 4.69) is 20.3 Å². The highest BCUT2D eigenvalue weighted by Gasteiger charge is 2.18. The Morgan fingerprint density at radius 1 is 1.07 bits per heavy atom. The Hall–Kier alpha value is -3.15. The second-order valence-electron chi connectivity index (χ2n) is 6.75. The van der Waals surface area contributed by atoms with Crippen molar-refractivity contribution >= 4 is 17.4 Å². The van der Waals surface area contributed by atoms with Gasteiger partial charge in [-0.2, -0.15) is 5.10 Å². The fourth-order valence-electron chi connectivity index (χ4n) is 3.36. The zero-order valence-corrected chi connectivity index (χ0v) is 15.2. The average Bonchev–Trinajstić information content (AvgIpc) is 3.40. The number of carbonyl (C=O) groups excluding carboxylic acids is 1. The molecule has 1 amide bonds. The SMILES string of the molecule is O=C(CCc1cnn(-c2ccccc2)c1)Nc1cccnc1N1CCCC1. The minimum atomic E-state index is -0.00379. The summed E-state index contributed by atoms with van der Waals surface area (Å²) >= 11 is 0. The lowest BCUT2D eigenvalue weighted by atomic mass is 10.2. The van der Waals surface area contributed by atoms with Gasteiger partial charge in [0, 0.05) is 31.9 Å². The number of rotatable bonds is 6. The summed E-state index contributed by atoms with van der Waals surface area (Å²) in [5.74, 6) is 0.871. The summed E-state index contributed by atoms with van der Waals surface area (Å²) in [6, 6.07) is 13.7. The van der Waals surface area contributed by atoms with Crippen molar-refractivity contribution in [3.8, 4) is 5.69 Å². The number of pyridine rings is 1. The van der Waals surface area contributed by atoms with E-state index in [0.29, 0.717) is 12.8 Å². The van der Waals surface area contributed by atoms with Gasteiger partial charge in [0.2, 0.25) is 5.91 Å². The van der Waals surface area contributed by atoms with Crippen molar-refractivity contribution in [2.75, 3.05) is 23.3 Å². The largest absolute Gasteiger partial charge is 0.355 e. The monoisotopic (exact) mass is 361 g/mol. The predicted molar refractivity (Wildman–Crippen MR) is 106 cm³/mol. The maximum Gasteiger partial charge on any atom is 0.224 e. The Bertz CT molecular complexity index is 900. The number of aromatic nitrogens is 3. The van der Waals surface area contributed by atoms with E-state index in [0.717, 1.165) is 35.8 Å². The quantitative estimate of drug-likeness (QED) is 0.730. The van der Waals surface area contributed by atoms with Crippen LogP contribution in [0.25, 0.3) is 5.69 Å². The highest BCUT2D eigenvalue weighted by atomic mass is 16.1. The van der Waals surface area contributed by atoms with Crippen molar-refractivity contribution in [2.45, 2.75) is 25.7 Å². The minimum Gasteiger partial charge on any atom is -0.355 e. The Kier molecular flexibility index (Phi) is 5.14. The van der Waals surface area contributed by atoms with E-state index in [9.17, 15) is 4.79 Å². The van der Waals surface area contributed by atoms with Gasteiger partial charge in [0.15, 0.2) is 5.82 Å². The van der Waals surface area contributed by atoms with Crippen molar-refractivity contribution in [2.24, 2.45) is 0 Å². The first-order valence-electron chi connectivity index (χ1n) is 9.38. The molecule has 1 aliphatic heterocycles. The van der Waals surface area contributed by atoms with Gasteiger partial charge >= 0.3 is 0 Å². The van der Waals surface area contributed by atoms with Gasteiger partial charge < -0.3 is 10.2 Å². The molecule has 1 aliphatic rings. The zero-order valence-electron chi connectivity index (χ0n) is 15.2. The summed E-state index contributed by atoms with van der Waals surface area (Å²) in [4.78, 5) is 19.1. The zero-order chi connectivity index (χ0) is 18.5.